The van der Waals surface area contributed by atoms with Crippen molar-refractivity contribution in [2.24, 2.45) is 5.92 Å². The number of ketones is 1. The maximum Gasteiger partial charge on any atom is 0.242 e. The minimum atomic E-state index is -0.409. The van der Waals surface area contributed by atoms with Crippen LogP contribution >= 0.6 is 23.2 Å². The first-order valence-electron chi connectivity index (χ1n) is 13.7. The number of rotatable bonds is 11. The Bertz CT molecular complexity index is 915. The van der Waals surface area contributed by atoms with Gasteiger partial charge in [0.15, 0.2) is 0 Å². The molecule has 0 radical (unpaired) electrons. The van der Waals surface area contributed by atoms with Crippen LogP contribution in [-0.2, 0) is 9.59 Å². The molecule has 6 nitrogen and oxygen atoms in total. The van der Waals surface area contributed by atoms with Gasteiger partial charge in [0.05, 0.1) is 16.6 Å². The first kappa shape index (κ1) is 27.8. The number of nitrogens with zero attached hydrogens (tertiary/aromatic N) is 2. The van der Waals surface area contributed by atoms with Crippen molar-refractivity contribution in [3.05, 3.63) is 33.8 Å². The Morgan fingerprint density at radius 3 is 2.56 bits per heavy atom. The van der Waals surface area contributed by atoms with Crippen LogP contribution in [0.25, 0.3) is 0 Å². The van der Waals surface area contributed by atoms with Crippen LogP contribution in [0.5, 0.6) is 0 Å². The van der Waals surface area contributed by atoms with E-state index >= 15 is 0 Å². The summed E-state index contributed by atoms with van der Waals surface area (Å²) < 4.78 is 0. The topological polar surface area (TPSA) is 64.7 Å². The summed E-state index contributed by atoms with van der Waals surface area (Å²) in [5.74, 6) is 1.07. The molecule has 36 heavy (non-hydrogen) atoms. The van der Waals surface area contributed by atoms with Gasteiger partial charge in [-0.2, -0.15) is 0 Å². The van der Waals surface area contributed by atoms with Crippen molar-refractivity contribution in [1.29, 1.82) is 0 Å². The molecule has 3 aliphatic rings. The number of carbonyl (C=O) groups is 2. The minimum absolute atomic E-state index is 0.226. The van der Waals surface area contributed by atoms with Crippen LogP contribution in [0, 0.1) is 5.92 Å². The highest BCUT2D eigenvalue weighted by molar-refractivity contribution is 6.42. The second-order valence-corrected chi connectivity index (χ2v) is 12.0. The van der Waals surface area contributed by atoms with E-state index in [9.17, 15) is 9.59 Å². The molecule has 2 N–H and O–H groups in total. The zero-order valence-corrected chi connectivity index (χ0v) is 23.3. The summed E-state index contributed by atoms with van der Waals surface area (Å²) in [6, 6.07) is 6.28. The highest BCUT2D eigenvalue weighted by Gasteiger charge is 2.48. The quantitative estimate of drug-likeness (QED) is 0.436. The lowest BCUT2D eigenvalue weighted by Crippen LogP contribution is -2.66. The highest BCUT2D eigenvalue weighted by atomic mass is 35.5. The van der Waals surface area contributed by atoms with Gasteiger partial charge in [-0.05, 0) is 94.6 Å². The van der Waals surface area contributed by atoms with E-state index in [-0.39, 0.29) is 17.7 Å². The number of Topliss-reactive ketones (excluding diaryl/α,β-unsaturated/α-hetero) is 1. The number of halogens is 2. The van der Waals surface area contributed by atoms with Gasteiger partial charge in [-0.15, -0.1) is 0 Å². The molecule has 1 aromatic carbocycles. The summed E-state index contributed by atoms with van der Waals surface area (Å²) in [7, 11) is 3.78. The number of carbonyl (C=O) groups excluding carboxylic acids is 2. The SMILES string of the molecule is CN(C)C(=O)C1(N2CCCCC2CCC(CNCC(=O)C2CC2)c2ccc(Cl)c(Cl)c2)CCNCC1. The number of benzene rings is 1. The Kier molecular flexibility index (Phi) is 9.73. The molecule has 2 aliphatic heterocycles. The van der Waals surface area contributed by atoms with E-state index in [2.05, 4.69) is 21.6 Å². The molecule has 0 aromatic heterocycles. The lowest BCUT2D eigenvalue weighted by molar-refractivity contribution is -0.148. The van der Waals surface area contributed by atoms with Crippen LogP contribution in [0.15, 0.2) is 18.2 Å². The fraction of sp³-hybridized carbons (Fsp3) is 0.714. The van der Waals surface area contributed by atoms with Crippen LogP contribution in [0.1, 0.15) is 69.3 Å². The van der Waals surface area contributed by atoms with Gasteiger partial charge in [0.1, 0.15) is 11.3 Å². The highest BCUT2D eigenvalue weighted by Crippen LogP contribution is 2.37. The van der Waals surface area contributed by atoms with Gasteiger partial charge in [0, 0.05) is 32.6 Å². The maximum absolute atomic E-state index is 13.5. The van der Waals surface area contributed by atoms with Crippen molar-refractivity contribution in [3.8, 4) is 0 Å². The Labute approximate surface area is 226 Å². The summed E-state index contributed by atoms with van der Waals surface area (Å²) >= 11 is 12.6. The molecule has 1 amide bonds. The van der Waals surface area contributed by atoms with Crippen LogP contribution in [0.4, 0.5) is 0 Å². The average Bonchev–Trinajstić information content (AvgIpc) is 3.73. The van der Waals surface area contributed by atoms with Crippen molar-refractivity contribution in [2.75, 3.05) is 46.8 Å². The van der Waals surface area contributed by atoms with Gasteiger partial charge in [0.2, 0.25) is 5.91 Å². The molecule has 2 atom stereocenters. The first-order chi connectivity index (χ1) is 17.3. The van der Waals surface area contributed by atoms with Gasteiger partial charge < -0.3 is 15.5 Å². The fourth-order valence-electron chi connectivity index (χ4n) is 6.21. The Morgan fingerprint density at radius 1 is 1.14 bits per heavy atom. The zero-order chi connectivity index (χ0) is 25.7. The molecular formula is C28H42Cl2N4O2. The van der Waals surface area contributed by atoms with Crippen molar-refractivity contribution >= 4 is 34.9 Å². The van der Waals surface area contributed by atoms with Gasteiger partial charge in [-0.25, -0.2) is 0 Å². The Morgan fingerprint density at radius 2 is 1.89 bits per heavy atom. The third-order valence-electron chi connectivity index (χ3n) is 8.40. The van der Waals surface area contributed by atoms with Gasteiger partial charge in [-0.3, -0.25) is 14.5 Å². The molecule has 0 spiro atoms. The number of likely N-dealkylation sites (tertiary alicyclic amines) is 1. The van der Waals surface area contributed by atoms with Crippen LogP contribution < -0.4 is 10.6 Å². The number of hydrogen-bond acceptors (Lipinski definition) is 5. The fourth-order valence-corrected chi connectivity index (χ4v) is 6.52. The summed E-state index contributed by atoms with van der Waals surface area (Å²) in [6.45, 7) is 3.91. The molecule has 2 unspecified atom stereocenters. The molecule has 200 valence electrons. The molecule has 4 rings (SSSR count). The predicted octanol–water partition coefficient (Wildman–Crippen LogP) is 4.49. The third kappa shape index (κ3) is 6.63. The van der Waals surface area contributed by atoms with E-state index in [0.29, 0.717) is 28.4 Å². The maximum atomic E-state index is 13.5. The predicted molar refractivity (Wildman–Crippen MR) is 147 cm³/mol. The van der Waals surface area contributed by atoms with Crippen molar-refractivity contribution in [1.82, 2.24) is 20.4 Å². The smallest absolute Gasteiger partial charge is 0.242 e. The average molecular weight is 538 g/mol. The molecule has 8 heteroatoms. The monoisotopic (exact) mass is 536 g/mol. The van der Waals surface area contributed by atoms with Gasteiger partial charge in [0.25, 0.3) is 0 Å². The van der Waals surface area contributed by atoms with Crippen molar-refractivity contribution in [3.63, 3.8) is 0 Å². The largest absolute Gasteiger partial charge is 0.347 e. The zero-order valence-electron chi connectivity index (χ0n) is 21.8. The van der Waals surface area contributed by atoms with Crippen LogP contribution in [0.2, 0.25) is 10.0 Å². The first-order valence-corrected chi connectivity index (χ1v) is 14.4. The molecule has 0 bridgehead atoms. The summed E-state index contributed by atoms with van der Waals surface area (Å²) in [5.41, 5.74) is 0.743. The normalized spacial score (nSPS) is 23.3. The van der Waals surface area contributed by atoms with Crippen LogP contribution in [-0.4, -0.2) is 79.9 Å². The number of nitrogens with one attached hydrogen (secondary N) is 2. The molecule has 2 saturated heterocycles. The van der Waals surface area contributed by atoms with Gasteiger partial charge in [-0.1, -0.05) is 35.7 Å². The van der Waals surface area contributed by atoms with Gasteiger partial charge >= 0.3 is 0 Å². The summed E-state index contributed by atoms with van der Waals surface area (Å²) in [6.07, 6.45) is 9.26. The number of amides is 1. The van der Waals surface area contributed by atoms with Crippen molar-refractivity contribution in [2.45, 2.75) is 75.3 Å². The lowest BCUT2D eigenvalue weighted by Gasteiger charge is -2.51. The summed E-state index contributed by atoms with van der Waals surface area (Å²) in [4.78, 5) is 30.2. The number of piperidine rings is 2. The van der Waals surface area contributed by atoms with E-state index in [4.69, 9.17) is 23.2 Å². The second-order valence-electron chi connectivity index (χ2n) is 11.1. The number of likely N-dealkylation sites (N-methyl/N-ethyl adjacent to an activating group) is 1. The summed E-state index contributed by atoms with van der Waals surface area (Å²) in [5, 5.41) is 8.02. The van der Waals surface area contributed by atoms with E-state index in [1.165, 1.54) is 6.42 Å². The third-order valence-corrected chi connectivity index (χ3v) is 9.14. The molecule has 1 aliphatic carbocycles. The standard InChI is InChI=1S/C28H42Cl2N4O2/c1-33(2)27(36)28(12-14-31-15-13-28)34-16-4-3-5-23(34)10-8-22(18-32-19-26(35)20-6-7-20)21-9-11-24(29)25(30)17-21/h9,11,17,20,22-23,31-32H,3-8,10,12-16,18-19H2,1-2H3. The minimum Gasteiger partial charge on any atom is -0.347 e. The second kappa shape index (κ2) is 12.6. The van der Waals surface area contributed by atoms with E-state index < -0.39 is 5.54 Å². The van der Waals surface area contributed by atoms with E-state index in [0.717, 1.165) is 83.1 Å². The Hall–Kier alpha value is -1.18. The number of hydrogen-bond donors (Lipinski definition) is 2. The lowest BCUT2D eigenvalue weighted by atomic mass is 9.80. The molecular weight excluding hydrogens is 495 g/mol. The molecule has 2 heterocycles. The molecule has 1 saturated carbocycles. The van der Waals surface area contributed by atoms with E-state index in [1.807, 2.05) is 26.2 Å². The molecule has 3 fully saturated rings. The molecule has 1 aromatic rings. The van der Waals surface area contributed by atoms with Crippen LogP contribution in [0.3, 0.4) is 0 Å². The van der Waals surface area contributed by atoms with Crippen molar-refractivity contribution < 1.29 is 9.59 Å². The Balaban J connectivity index is 1.48. The van der Waals surface area contributed by atoms with E-state index in [1.54, 1.807) is 4.90 Å².